The molecule has 1 saturated heterocycles. The number of hydrogen-bond donors (Lipinski definition) is 0. The lowest BCUT2D eigenvalue weighted by Crippen LogP contribution is -2.32. The first-order valence-corrected chi connectivity index (χ1v) is 17.3. The fourth-order valence-electron chi connectivity index (χ4n) is 5.48. The molecule has 2 aromatic carbocycles. The van der Waals surface area contributed by atoms with Gasteiger partial charge in [-0.15, -0.1) is 5.73 Å². The van der Waals surface area contributed by atoms with Crippen molar-refractivity contribution in [2.24, 2.45) is 4.99 Å². The van der Waals surface area contributed by atoms with Gasteiger partial charge in [0.25, 0.3) is 5.91 Å². The van der Waals surface area contributed by atoms with E-state index in [0.29, 0.717) is 23.6 Å². The summed E-state index contributed by atoms with van der Waals surface area (Å²) in [6.45, 7) is 4.47. The lowest BCUT2D eigenvalue weighted by molar-refractivity contribution is -0.123. The third-order valence-corrected chi connectivity index (χ3v) is 8.25. The number of benzene rings is 2. The molecule has 0 saturated carbocycles. The minimum atomic E-state index is -0.641. The Bertz CT molecular complexity index is 1740. The second kappa shape index (κ2) is 20.1. The van der Waals surface area contributed by atoms with E-state index >= 15 is 0 Å². The average molecular weight is 708 g/mol. The minimum absolute atomic E-state index is 0.147. The van der Waals surface area contributed by atoms with Gasteiger partial charge in [-0.25, -0.2) is 4.99 Å². The monoisotopic (exact) mass is 707 g/mol. The van der Waals surface area contributed by atoms with Crippen molar-refractivity contribution < 1.29 is 33.2 Å². The van der Waals surface area contributed by atoms with Crippen LogP contribution in [0.2, 0.25) is 0 Å². The summed E-state index contributed by atoms with van der Waals surface area (Å²) < 4.78 is 33.3. The van der Waals surface area contributed by atoms with E-state index in [1.807, 2.05) is 85.8 Å². The molecule has 0 N–H and O–H groups in total. The molecule has 52 heavy (non-hydrogen) atoms. The van der Waals surface area contributed by atoms with E-state index in [1.54, 1.807) is 58.7 Å². The Labute approximate surface area is 307 Å². The maximum atomic E-state index is 13.9. The van der Waals surface area contributed by atoms with Gasteiger partial charge < -0.3 is 33.3 Å². The van der Waals surface area contributed by atoms with E-state index in [4.69, 9.17) is 33.4 Å². The van der Waals surface area contributed by atoms with E-state index < -0.39 is 6.04 Å². The van der Waals surface area contributed by atoms with Crippen LogP contribution in [0, 0.1) is 0 Å². The molecule has 2 aliphatic rings. The summed E-state index contributed by atoms with van der Waals surface area (Å²) in [7, 11) is 7.98. The van der Waals surface area contributed by atoms with Crippen molar-refractivity contribution in [2.45, 2.75) is 45.6 Å². The summed E-state index contributed by atoms with van der Waals surface area (Å²) in [5.74, 6) is 2.45. The van der Waals surface area contributed by atoms with Crippen molar-refractivity contribution >= 4 is 23.3 Å². The van der Waals surface area contributed by atoms with Crippen LogP contribution in [0.25, 0.3) is 0 Å². The number of allylic oxidation sites excluding steroid dienone is 7. The predicted molar refractivity (Wildman–Crippen MR) is 205 cm³/mol. The Kier molecular flexibility index (Phi) is 15.1. The molecule has 10 nitrogen and oxygen atoms in total. The van der Waals surface area contributed by atoms with Gasteiger partial charge in [0.15, 0.2) is 5.76 Å². The van der Waals surface area contributed by atoms with Crippen LogP contribution in [0.5, 0.6) is 11.5 Å². The van der Waals surface area contributed by atoms with Crippen LogP contribution in [-0.2, 0) is 23.7 Å². The zero-order chi connectivity index (χ0) is 37.3. The molecule has 1 amide bonds. The Balaban J connectivity index is 1.69. The van der Waals surface area contributed by atoms with Crippen LogP contribution in [-0.4, -0.2) is 65.0 Å². The number of anilines is 2. The lowest BCUT2D eigenvalue weighted by Gasteiger charge is -2.26. The number of amides is 1. The molecule has 1 unspecified atom stereocenters. The van der Waals surface area contributed by atoms with Crippen LogP contribution >= 0.6 is 0 Å². The van der Waals surface area contributed by atoms with Crippen LogP contribution in [0.4, 0.5) is 11.4 Å². The van der Waals surface area contributed by atoms with E-state index in [1.165, 1.54) is 6.26 Å². The van der Waals surface area contributed by atoms with Crippen LogP contribution in [0.15, 0.2) is 143 Å². The Morgan fingerprint density at radius 2 is 1.60 bits per heavy atom. The number of unbranched alkanes of at least 4 members (excludes halogenated alkanes) is 3. The van der Waals surface area contributed by atoms with Crippen molar-refractivity contribution in [3.63, 3.8) is 0 Å². The molecule has 0 bridgehead atoms. The molecule has 1 atom stereocenters. The number of methoxy groups -OCH3 is 5. The first-order valence-electron chi connectivity index (χ1n) is 17.3. The normalized spacial score (nSPS) is 16.8. The number of aliphatic imine (C=N–C) groups is 1. The molecule has 1 fully saturated rings. The van der Waals surface area contributed by atoms with Crippen molar-refractivity contribution in [3.05, 3.63) is 138 Å². The van der Waals surface area contributed by atoms with Gasteiger partial charge in [0.2, 0.25) is 0 Å². The van der Waals surface area contributed by atoms with Gasteiger partial charge in [-0.05, 0) is 98.3 Å². The SMILES string of the molecule is C/C=C(/OC)C(C=C(/C=C/OC)OC)N=C1O/C(=C/C2=C=CC=C(N(c3ccc(OC)cc3)c3ccc(OC)cc3)C=C2)C(=O)N1CCCCCC. The largest absolute Gasteiger partial charge is 0.504 e. The smallest absolute Gasteiger partial charge is 0.301 e. The highest BCUT2D eigenvalue weighted by Crippen LogP contribution is 2.34. The maximum Gasteiger partial charge on any atom is 0.301 e. The number of nitrogens with zero attached hydrogens (tertiary/aromatic N) is 3. The molecule has 1 heterocycles. The van der Waals surface area contributed by atoms with Crippen molar-refractivity contribution in [1.29, 1.82) is 0 Å². The summed E-state index contributed by atoms with van der Waals surface area (Å²) >= 11 is 0. The van der Waals surface area contributed by atoms with Gasteiger partial charge in [-0.3, -0.25) is 9.69 Å². The molecule has 274 valence electrons. The van der Waals surface area contributed by atoms with E-state index in [2.05, 4.69) is 17.6 Å². The summed E-state index contributed by atoms with van der Waals surface area (Å²) in [4.78, 5) is 22.5. The summed E-state index contributed by atoms with van der Waals surface area (Å²) in [5.41, 5.74) is 6.68. The highest BCUT2D eigenvalue weighted by atomic mass is 16.5. The van der Waals surface area contributed by atoms with Gasteiger partial charge in [0.05, 0.1) is 41.8 Å². The zero-order valence-corrected chi connectivity index (χ0v) is 31.1. The fraction of sp³-hybridized carbons (Fsp3) is 0.310. The second-order valence-corrected chi connectivity index (χ2v) is 11.6. The Morgan fingerprint density at radius 3 is 2.15 bits per heavy atom. The highest BCUT2D eigenvalue weighted by Gasteiger charge is 2.35. The van der Waals surface area contributed by atoms with Crippen molar-refractivity contribution in [3.8, 4) is 11.5 Å². The van der Waals surface area contributed by atoms with Crippen LogP contribution < -0.4 is 14.4 Å². The average Bonchev–Trinajstić information content (AvgIpc) is 3.29. The first-order chi connectivity index (χ1) is 25.4. The molecule has 0 aromatic heterocycles. The number of ether oxygens (including phenoxy) is 6. The number of amidine groups is 1. The molecule has 0 radical (unpaired) electrons. The highest BCUT2D eigenvalue weighted by molar-refractivity contribution is 6.09. The quantitative estimate of drug-likeness (QED) is 0.0500. The van der Waals surface area contributed by atoms with E-state index in [0.717, 1.165) is 54.3 Å². The van der Waals surface area contributed by atoms with Gasteiger partial charge in [0.1, 0.15) is 29.1 Å². The number of carbonyl (C=O) groups is 1. The predicted octanol–water partition coefficient (Wildman–Crippen LogP) is 8.67. The van der Waals surface area contributed by atoms with E-state index in [-0.39, 0.29) is 17.7 Å². The summed E-state index contributed by atoms with van der Waals surface area (Å²) in [5, 5.41) is 0. The Morgan fingerprint density at radius 1 is 0.923 bits per heavy atom. The van der Waals surface area contributed by atoms with Gasteiger partial charge in [-0.2, -0.15) is 0 Å². The number of carbonyl (C=O) groups excluding carboxylic acids is 1. The molecule has 1 aliphatic heterocycles. The lowest BCUT2D eigenvalue weighted by atomic mass is 10.1. The fourth-order valence-corrected chi connectivity index (χ4v) is 5.48. The standard InChI is InChI=1S/C42H49N3O7/c1-8-10-11-12-27-44-41(46)40(52-42(44)43-38(39(9-2)51-7)30-37(50-6)26-28-47-3)29-31-14-13-15-32(17-16-31)45(33-18-22-35(48-4)23-19-33)34-20-24-36(49-5)25-21-34/h9,13,15-26,28-30,38H,8,10-12,27H2,1-7H3/b28-26+,37-30?,39-9+,40-29+,43-42?. The molecular weight excluding hydrogens is 658 g/mol. The number of rotatable bonds is 18. The maximum absolute atomic E-state index is 13.9. The molecule has 10 heteroatoms. The van der Waals surface area contributed by atoms with Gasteiger partial charge >= 0.3 is 6.02 Å². The topological polar surface area (TPSA) is 91.3 Å². The van der Waals surface area contributed by atoms with Gasteiger partial charge in [0, 0.05) is 41.3 Å². The molecule has 0 spiro atoms. The molecule has 1 aliphatic carbocycles. The van der Waals surface area contributed by atoms with E-state index in [9.17, 15) is 4.79 Å². The number of hydrogen-bond acceptors (Lipinski definition) is 9. The first kappa shape index (κ1) is 38.9. The van der Waals surface area contributed by atoms with Crippen LogP contribution in [0.3, 0.4) is 0 Å². The Hall–Kier alpha value is -5.86. The third-order valence-electron chi connectivity index (χ3n) is 8.25. The molecular formula is C42H49N3O7. The second-order valence-electron chi connectivity index (χ2n) is 11.6. The van der Waals surface area contributed by atoms with Gasteiger partial charge in [-0.1, -0.05) is 26.2 Å². The van der Waals surface area contributed by atoms with Crippen LogP contribution in [0.1, 0.15) is 39.5 Å². The third kappa shape index (κ3) is 10.3. The molecule has 2 aromatic rings. The van der Waals surface area contributed by atoms with Crippen molar-refractivity contribution in [2.75, 3.05) is 47.0 Å². The minimum Gasteiger partial charge on any atom is -0.504 e. The summed E-state index contributed by atoms with van der Waals surface area (Å²) in [6, 6.07) is 15.2. The molecule has 4 rings (SSSR count). The summed E-state index contributed by atoms with van der Waals surface area (Å²) in [6.07, 6.45) is 20.1. The zero-order valence-electron chi connectivity index (χ0n) is 31.1. The van der Waals surface area contributed by atoms with Crippen molar-refractivity contribution in [1.82, 2.24) is 4.90 Å².